The van der Waals surface area contributed by atoms with Crippen molar-refractivity contribution in [2.75, 3.05) is 20.7 Å². The first-order chi connectivity index (χ1) is 8.29. The highest BCUT2D eigenvalue weighted by Crippen LogP contribution is 2.29. The fraction of sp³-hybridized carbons (Fsp3) is 0.500. The maximum Gasteiger partial charge on any atom is 0.164 e. The summed E-state index contributed by atoms with van der Waals surface area (Å²) in [6.07, 6.45) is 4.37. The van der Waals surface area contributed by atoms with Gasteiger partial charge >= 0.3 is 0 Å². The third-order valence-electron chi connectivity index (χ3n) is 3.46. The number of hydrogen-bond donors (Lipinski definition) is 0. The number of hydrogen-bond acceptors (Lipinski definition) is 4. The first-order valence-corrected chi connectivity index (χ1v) is 5.88. The van der Waals surface area contributed by atoms with E-state index in [4.69, 9.17) is 4.74 Å². The van der Waals surface area contributed by atoms with Gasteiger partial charge in [0.05, 0.1) is 13.2 Å². The van der Waals surface area contributed by atoms with Crippen LogP contribution in [0.1, 0.15) is 24.7 Å². The van der Waals surface area contributed by atoms with Crippen molar-refractivity contribution in [3.63, 3.8) is 0 Å². The van der Waals surface area contributed by atoms with E-state index in [2.05, 4.69) is 26.5 Å². The Kier molecular flexibility index (Phi) is 2.48. The van der Waals surface area contributed by atoms with Crippen LogP contribution in [0.25, 0.3) is 5.65 Å². The molecule has 1 atom stereocenters. The van der Waals surface area contributed by atoms with Crippen LogP contribution in [0.5, 0.6) is 5.75 Å². The zero-order chi connectivity index (χ0) is 11.8. The quantitative estimate of drug-likeness (QED) is 0.787. The second kappa shape index (κ2) is 4.00. The van der Waals surface area contributed by atoms with Crippen molar-refractivity contribution in [1.82, 2.24) is 19.5 Å². The number of pyridine rings is 1. The van der Waals surface area contributed by atoms with Crippen molar-refractivity contribution in [3.8, 4) is 5.75 Å². The van der Waals surface area contributed by atoms with E-state index < -0.39 is 0 Å². The van der Waals surface area contributed by atoms with E-state index in [1.165, 1.54) is 6.42 Å². The molecule has 1 saturated heterocycles. The van der Waals surface area contributed by atoms with Gasteiger partial charge in [-0.15, -0.1) is 10.2 Å². The van der Waals surface area contributed by atoms with Crippen LogP contribution >= 0.6 is 0 Å². The topological polar surface area (TPSA) is 42.7 Å². The van der Waals surface area contributed by atoms with Crippen molar-refractivity contribution in [3.05, 3.63) is 24.2 Å². The Balaban J connectivity index is 2.06. The Morgan fingerprint density at radius 2 is 2.29 bits per heavy atom. The van der Waals surface area contributed by atoms with Gasteiger partial charge in [0.2, 0.25) is 0 Å². The van der Waals surface area contributed by atoms with Crippen molar-refractivity contribution >= 4 is 5.65 Å². The van der Waals surface area contributed by atoms with E-state index in [0.717, 1.165) is 30.2 Å². The van der Waals surface area contributed by atoms with Gasteiger partial charge in [-0.25, -0.2) is 0 Å². The molecule has 0 amide bonds. The van der Waals surface area contributed by atoms with Crippen LogP contribution < -0.4 is 4.74 Å². The highest BCUT2D eigenvalue weighted by Gasteiger charge is 2.26. The average Bonchev–Trinajstić information content (AvgIpc) is 2.94. The molecule has 0 bridgehead atoms. The second-order valence-electron chi connectivity index (χ2n) is 4.49. The molecule has 90 valence electrons. The van der Waals surface area contributed by atoms with Gasteiger partial charge in [-0.05, 0) is 32.5 Å². The summed E-state index contributed by atoms with van der Waals surface area (Å²) in [4.78, 5) is 2.33. The molecule has 0 N–H and O–H groups in total. The molecule has 2 aromatic heterocycles. The van der Waals surface area contributed by atoms with E-state index in [1.807, 2.05) is 18.3 Å². The Hall–Kier alpha value is -1.62. The Morgan fingerprint density at radius 1 is 1.41 bits per heavy atom. The van der Waals surface area contributed by atoms with Gasteiger partial charge in [0, 0.05) is 12.3 Å². The average molecular weight is 232 g/mol. The maximum atomic E-state index is 5.19. The molecule has 0 saturated carbocycles. The van der Waals surface area contributed by atoms with Gasteiger partial charge in [0.1, 0.15) is 5.75 Å². The monoisotopic (exact) mass is 232 g/mol. The summed E-state index contributed by atoms with van der Waals surface area (Å²) in [5, 5.41) is 8.53. The van der Waals surface area contributed by atoms with E-state index in [0.29, 0.717) is 6.04 Å². The number of nitrogens with zero attached hydrogens (tertiary/aromatic N) is 4. The van der Waals surface area contributed by atoms with Gasteiger partial charge < -0.3 is 4.74 Å². The lowest BCUT2D eigenvalue weighted by atomic mass is 10.2. The molecule has 3 heterocycles. The van der Waals surface area contributed by atoms with Crippen LogP contribution in [-0.4, -0.2) is 40.2 Å². The summed E-state index contributed by atoms with van der Waals surface area (Å²) in [6, 6.07) is 4.23. The summed E-state index contributed by atoms with van der Waals surface area (Å²) in [6.45, 7) is 1.13. The minimum absolute atomic E-state index is 0.387. The van der Waals surface area contributed by atoms with Crippen LogP contribution in [0.15, 0.2) is 18.3 Å². The molecule has 1 unspecified atom stereocenters. The molecule has 5 nitrogen and oxygen atoms in total. The molecule has 5 heteroatoms. The van der Waals surface area contributed by atoms with Gasteiger partial charge in [-0.1, -0.05) is 0 Å². The lowest BCUT2D eigenvalue weighted by Gasteiger charge is -2.17. The summed E-state index contributed by atoms with van der Waals surface area (Å²) >= 11 is 0. The van der Waals surface area contributed by atoms with Crippen LogP contribution in [0.2, 0.25) is 0 Å². The van der Waals surface area contributed by atoms with Gasteiger partial charge in [0.15, 0.2) is 11.5 Å². The standard InChI is InChI=1S/C12H16N4O/c1-15-6-3-4-10(15)12-14-13-11-8-9(17-2)5-7-16(11)12/h5,7-8,10H,3-4,6H2,1-2H3. The number of aromatic nitrogens is 3. The van der Waals surface area contributed by atoms with Crippen molar-refractivity contribution in [2.24, 2.45) is 0 Å². The van der Waals surface area contributed by atoms with E-state index in [-0.39, 0.29) is 0 Å². The number of fused-ring (bicyclic) bond motifs is 1. The van der Waals surface area contributed by atoms with E-state index in [9.17, 15) is 0 Å². The normalized spacial score (nSPS) is 21.2. The molecular weight excluding hydrogens is 216 g/mol. The first kappa shape index (κ1) is 10.5. The van der Waals surface area contributed by atoms with Crippen LogP contribution in [0, 0.1) is 0 Å². The second-order valence-corrected chi connectivity index (χ2v) is 4.49. The van der Waals surface area contributed by atoms with Gasteiger partial charge in [-0.3, -0.25) is 9.30 Å². The van der Waals surface area contributed by atoms with Crippen LogP contribution in [-0.2, 0) is 0 Å². The lowest BCUT2D eigenvalue weighted by Crippen LogP contribution is -2.19. The van der Waals surface area contributed by atoms with Crippen molar-refractivity contribution in [2.45, 2.75) is 18.9 Å². The molecule has 0 radical (unpaired) electrons. The van der Waals surface area contributed by atoms with Crippen molar-refractivity contribution < 1.29 is 4.74 Å². The van der Waals surface area contributed by atoms with Crippen molar-refractivity contribution in [1.29, 1.82) is 0 Å². The predicted octanol–water partition coefficient (Wildman–Crippen LogP) is 1.50. The third-order valence-corrected chi connectivity index (χ3v) is 3.46. The molecule has 1 aliphatic rings. The third kappa shape index (κ3) is 1.67. The smallest absolute Gasteiger partial charge is 0.164 e. The minimum Gasteiger partial charge on any atom is -0.497 e. The minimum atomic E-state index is 0.387. The number of ether oxygens (including phenoxy) is 1. The maximum absolute atomic E-state index is 5.19. The highest BCUT2D eigenvalue weighted by molar-refractivity contribution is 5.44. The van der Waals surface area contributed by atoms with Gasteiger partial charge in [0.25, 0.3) is 0 Å². The molecule has 1 aliphatic heterocycles. The molecule has 2 aromatic rings. The lowest BCUT2D eigenvalue weighted by molar-refractivity contribution is 0.304. The van der Waals surface area contributed by atoms with Crippen LogP contribution in [0.4, 0.5) is 0 Å². The largest absolute Gasteiger partial charge is 0.497 e. The number of rotatable bonds is 2. The van der Waals surface area contributed by atoms with Crippen LogP contribution in [0.3, 0.4) is 0 Å². The number of likely N-dealkylation sites (tertiary alicyclic amines) is 1. The Bertz CT molecular complexity index is 536. The van der Waals surface area contributed by atoms with E-state index in [1.54, 1.807) is 7.11 Å². The molecule has 17 heavy (non-hydrogen) atoms. The first-order valence-electron chi connectivity index (χ1n) is 5.88. The SMILES string of the molecule is COc1ccn2c(C3CCCN3C)nnc2c1. The summed E-state index contributed by atoms with van der Waals surface area (Å²) in [5.74, 6) is 1.85. The highest BCUT2D eigenvalue weighted by atomic mass is 16.5. The van der Waals surface area contributed by atoms with E-state index >= 15 is 0 Å². The molecule has 0 aromatic carbocycles. The predicted molar refractivity (Wildman–Crippen MR) is 64.1 cm³/mol. The molecule has 1 fully saturated rings. The van der Waals surface area contributed by atoms with Gasteiger partial charge in [-0.2, -0.15) is 0 Å². The Morgan fingerprint density at radius 3 is 3.00 bits per heavy atom. The molecule has 0 aliphatic carbocycles. The molecule has 0 spiro atoms. The summed E-state index contributed by atoms with van der Waals surface area (Å²) in [5.41, 5.74) is 0.847. The fourth-order valence-corrected chi connectivity index (χ4v) is 2.48. The summed E-state index contributed by atoms with van der Waals surface area (Å²) in [7, 11) is 3.80. The summed E-state index contributed by atoms with van der Waals surface area (Å²) < 4.78 is 7.24. The Labute approximate surface area is 100 Å². The number of methoxy groups -OCH3 is 1. The zero-order valence-electron chi connectivity index (χ0n) is 10.1. The molecular formula is C12H16N4O. The zero-order valence-corrected chi connectivity index (χ0v) is 10.1. The fourth-order valence-electron chi connectivity index (χ4n) is 2.48. The molecule has 3 rings (SSSR count).